The van der Waals surface area contributed by atoms with E-state index in [9.17, 15) is 9.59 Å². The average molecular weight is 581 g/mol. The highest BCUT2D eigenvalue weighted by Crippen LogP contribution is 2.49. The predicted molar refractivity (Wildman–Crippen MR) is 164 cm³/mol. The minimum Gasteiger partial charge on any atom is -0.443 e. The molecule has 3 aliphatic rings. The molecule has 3 aromatic carbocycles. The number of carbonyl (C=O) groups excluding carboxylic acids is 2. The van der Waals surface area contributed by atoms with Crippen molar-refractivity contribution < 1.29 is 18.4 Å². The first-order valence-electron chi connectivity index (χ1n) is 15.5. The molecule has 1 saturated heterocycles. The number of amides is 2. The van der Waals surface area contributed by atoms with E-state index in [2.05, 4.69) is 27.8 Å². The van der Waals surface area contributed by atoms with Crippen LogP contribution in [0.25, 0.3) is 11.1 Å². The minimum atomic E-state index is -0.541. The Bertz CT molecular complexity index is 1620. The van der Waals surface area contributed by atoms with E-state index < -0.39 is 17.8 Å². The summed E-state index contributed by atoms with van der Waals surface area (Å²) in [4.78, 5) is 34.6. The first-order chi connectivity index (χ1) is 21.0. The van der Waals surface area contributed by atoms with Crippen molar-refractivity contribution in [3.63, 3.8) is 0 Å². The zero-order chi connectivity index (χ0) is 29.5. The topological polar surface area (TPSA) is 87.5 Å². The van der Waals surface area contributed by atoms with Crippen LogP contribution < -0.4 is 10.6 Å². The predicted octanol–water partition coefficient (Wildman–Crippen LogP) is 7.64. The van der Waals surface area contributed by atoms with Crippen molar-refractivity contribution in [2.45, 2.75) is 76.4 Å². The van der Waals surface area contributed by atoms with Crippen molar-refractivity contribution in [1.82, 2.24) is 9.88 Å². The SMILES string of the molecule is Cc1cccc(F)c1C(=O)N1C(c2ccc(NC3CCCC3)cc2)C(C(=O)Nc2ccc3ncoc3c2)C[C@@H]2CCC[C@@H]21. The Morgan fingerprint density at radius 3 is 2.53 bits per heavy atom. The van der Waals surface area contributed by atoms with Crippen LogP contribution in [0, 0.1) is 24.6 Å². The number of hydrogen-bond donors (Lipinski definition) is 2. The molecule has 2 N–H and O–H groups in total. The third-order valence-corrected chi connectivity index (χ3v) is 9.80. The summed E-state index contributed by atoms with van der Waals surface area (Å²) in [5.74, 6) is -1.38. The van der Waals surface area contributed by atoms with Gasteiger partial charge in [-0.05, 0) is 86.4 Å². The van der Waals surface area contributed by atoms with Gasteiger partial charge in [0.1, 0.15) is 11.3 Å². The second-order valence-electron chi connectivity index (χ2n) is 12.5. The molecule has 7 nitrogen and oxygen atoms in total. The van der Waals surface area contributed by atoms with Gasteiger partial charge in [-0.2, -0.15) is 0 Å². The van der Waals surface area contributed by atoms with Gasteiger partial charge in [0.25, 0.3) is 5.91 Å². The number of hydrogen-bond acceptors (Lipinski definition) is 5. The lowest BCUT2D eigenvalue weighted by molar-refractivity contribution is -0.125. The number of nitrogens with zero attached hydrogens (tertiary/aromatic N) is 2. The number of carbonyl (C=O) groups is 2. The van der Waals surface area contributed by atoms with Gasteiger partial charge >= 0.3 is 0 Å². The molecule has 4 aromatic rings. The van der Waals surface area contributed by atoms with Crippen LogP contribution in [-0.4, -0.2) is 33.8 Å². The fourth-order valence-corrected chi connectivity index (χ4v) is 7.72. The number of fused-ring (bicyclic) bond motifs is 2. The van der Waals surface area contributed by atoms with Crippen molar-refractivity contribution in [2.75, 3.05) is 10.6 Å². The molecule has 0 bridgehead atoms. The lowest BCUT2D eigenvalue weighted by Gasteiger charge is -2.48. The zero-order valence-corrected chi connectivity index (χ0v) is 24.4. The van der Waals surface area contributed by atoms with Gasteiger partial charge in [-0.15, -0.1) is 0 Å². The number of halogens is 1. The summed E-state index contributed by atoms with van der Waals surface area (Å²) in [5.41, 5.74) is 4.53. The normalized spacial score (nSPS) is 23.8. The Labute approximate surface area is 250 Å². The van der Waals surface area contributed by atoms with Crippen LogP contribution >= 0.6 is 0 Å². The second-order valence-corrected chi connectivity index (χ2v) is 12.5. The van der Waals surface area contributed by atoms with Gasteiger partial charge in [0, 0.05) is 29.5 Å². The molecule has 2 amide bonds. The quantitative estimate of drug-likeness (QED) is 0.245. The molecule has 2 unspecified atom stereocenters. The monoisotopic (exact) mass is 580 g/mol. The van der Waals surface area contributed by atoms with Gasteiger partial charge in [0.15, 0.2) is 12.0 Å². The van der Waals surface area contributed by atoms with Gasteiger partial charge in [0.05, 0.1) is 17.5 Å². The number of piperidine rings is 1. The van der Waals surface area contributed by atoms with Gasteiger partial charge < -0.3 is 20.0 Å². The smallest absolute Gasteiger partial charge is 0.257 e. The second kappa shape index (κ2) is 11.5. The number of anilines is 2. The summed E-state index contributed by atoms with van der Waals surface area (Å²) < 4.78 is 20.7. The molecule has 7 rings (SSSR count). The van der Waals surface area contributed by atoms with Crippen LogP contribution in [0.1, 0.15) is 78.9 Å². The molecule has 2 heterocycles. The van der Waals surface area contributed by atoms with Gasteiger partial charge in [-0.25, -0.2) is 9.37 Å². The molecule has 4 atom stereocenters. The number of nitrogens with one attached hydrogen (secondary N) is 2. The van der Waals surface area contributed by atoms with E-state index in [1.54, 1.807) is 25.1 Å². The summed E-state index contributed by atoms with van der Waals surface area (Å²) in [5, 5.41) is 6.74. The van der Waals surface area contributed by atoms with E-state index in [0.717, 1.165) is 30.5 Å². The number of benzene rings is 3. The molecule has 3 fully saturated rings. The summed E-state index contributed by atoms with van der Waals surface area (Å²) in [7, 11) is 0. The molecule has 2 saturated carbocycles. The zero-order valence-electron chi connectivity index (χ0n) is 24.4. The highest BCUT2D eigenvalue weighted by molar-refractivity contribution is 5.99. The standard InChI is InChI=1S/C35H37FN4O3/c1-21-6-4-10-28(36)32(21)35(42)40-30-11-5-7-23(30)18-27(34(41)39-26-16-17-29-31(19-26)43-20-37-29)33(40)22-12-14-25(15-13-22)38-24-8-2-3-9-24/h4,6,10,12-17,19-20,23-24,27,30,33,38H,2-3,5,7-9,11,18H2,1H3,(H,39,41)/t23-,27?,30-,33?/m0/s1. The Balaban J connectivity index is 1.27. The Morgan fingerprint density at radius 2 is 1.74 bits per heavy atom. The Hall–Kier alpha value is -4.20. The van der Waals surface area contributed by atoms with E-state index >= 15 is 4.39 Å². The fourth-order valence-electron chi connectivity index (χ4n) is 7.72. The summed E-state index contributed by atoms with van der Waals surface area (Å²) in [6.45, 7) is 1.77. The van der Waals surface area contributed by atoms with Crippen LogP contribution in [0.15, 0.2) is 71.5 Å². The number of oxazole rings is 1. The third-order valence-electron chi connectivity index (χ3n) is 9.80. The first-order valence-corrected chi connectivity index (χ1v) is 15.5. The maximum atomic E-state index is 15.3. The number of likely N-dealkylation sites (tertiary alicyclic amines) is 1. The molecule has 0 spiro atoms. The molecule has 222 valence electrons. The average Bonchev–Trinajstić information content (AvgIpc) is 3.78. The third kappa shape index (κ3) is 5.28. The molecular weight excluding hydrogens is 543 g/mol. The van der Waals surface area contributed by atoms with E-state index in [4.69, 9.17) is 4.42 Å². The molecule has 2 aliphatic carbocycles. The summed E-state index contributed by atoms with van der Waals surface area (Å²) in [6, 6.07) is 18.2. The minimum absolute atomic E-state index is 0.0533. The molecule has 43 heavy (non-hydrogen) atoms. The van der Waals surface area contributed by atoms with Crippen molar-refractivity contribution in [1.29, 1.82) is 0 Å². The van der Waals surface area contributed by atoms with Crippen molar-refractivity contribution in [3.8, 4) is 0 Å². The Morgan fingerprint density at radius 1 is 0.953 bits per heavy atom. The lowest BCUT2D eigenvalue weighted by atomic mass is 9.76. The van der Waals surface area contributed by atoms with Crippen LogP contribution in [0.4, 0.5) is 15.8 Å². The molecule has 1 aromatic heterocycles. The number of aryl methyl sites for hydroxylation is 1. The maximum Gasteiger partial charge on any atom is 0.257 e. The number of aromatic nitrogens is 1. The highest BCUT2D eigenvalue weighted by Gasteiger charge is 2.50. The van der Waals surface area contributed by atoms with Crippen LogP contribution in [0.3, 0.4) is 0 Å². The fraction of sp³-hybridized carbons (Fsp3) is 0.400. The van der Waals surface area contributed by atoms with Crippen molar-refractivity contribution in [2.24, 2.45) is 11.8 Å². The lowest BCUT2D eigenvalue weighted by Crippen LogP contribution is -2.54. The summed E-state index contributed by atoms with van der Waals surface area (Å²) >= 11 is 0. The van der Waals surface area contributed by atoms with Crippen LogP contribution in [0.2, 0.25) is 0 Å². The first kappa shape index (κ1) is 27.6. The van der Waals surface area contributed by atoms with E-state index in [0.29, 0.717) is 34.8 Å². The Kier molecular flexibility index (Phi) is 7.37. The van der Waals surface area contributed by atoms with E-state index in [-0.39, 0.29) is 29.3 Å². The number of rotatable bonds is 6. The van der Waals surface area contributed by atoms with Crippen LogP contribution in [0.5, 0.6) is 0 Å². The van der Waals surface area contributed by atoms with Crippen molar-refractivity contribution >= 4 is 34.3 Å². The van der Waals surface area contributed by atoms with E-state index in [1.165, 1.54) is 38.1 Å². The van der Waals surface area contributed by atoms with Crippen molar-refractivity contribution in [3.05, 3.63) is 89.6 Å². The van der Waals surface area contributed by atoms with Crippen LogP contribution in [-0.2, 0) is 4.79 Å². The van der Waals surface area contributed by atoms with Gasteiger partial charge in [-0.3, -0.25) is 9.59 Å². The molecule has 1 aliphatic heterocycles. The van der Waals surface area contributed by atoms with E-state index in [1.807, 2.05) is 29.2 Å². The largest absolute Gasteiger partial charge is 0.443 e. The van der Waals surface area contributed by atoms with Gasteiger partial charge in [0.2, 0.25) is 5.91 Å². The van der Waals surface area contributed by atoms with Gasteiger partial charge in [-0.1, -0.05) is 43.5 Å². The highest BCUT2D eigenvalue weighted by atomic mass is 19.1. The molecular formula is C35H37FN4O3. The maximum absolute atomic E-state index is 15.3. The summed E-state index contributed by atoms with van der Waals surface area (Å²) in [6.07, 6.45) is 9.62. The molecule has 8 heteroatoms. The molecule has 0 radical (unpaired) electrons.